The summed E-state index contributed by atoms with van der Waals surface area (Å²) in [6.07, 6.45) is 1.78. The molecule has 1 amide bonds. The number of hydrogen-bond acceptors (Lipinski definition) is 4. The Balaban J connectivity index is 1.98. The van der Waals surface area contributed by atoms with Crippen LogP contribution < -0.4 is 5.32 Å². The van der Waals surface area contributed by atoms with Gasteiger partial charge in [-0.3, -0.25) is 4.79 Å². The van der Waals surface area contributed by atoms with Gasteiger partial charge < -0.3 is 9.88 Å². The van der Waals surface area contributed by atoms with Crippen molar-refractivity contribution in [2.24, 2.45) is 0 Å². The first-order valence-corrected chi connectivity index (χ1v) is 8.97. The van der Waals surface area contributed by atoms with Crippen molar-refractivity contribution in [1.82, 2.24) is 14.8 Å². The van der Waals surface area contributed by atoms with Crippen molar-refractivity contribution in [3.8, 4) is 0 Å². The highest BCUT2D eigenvalue weighted by atomic mass is 79.9. The largest absolute Gasteiger partial charge is 0.324 e. The number of anilines is 1. The van der Waals surface area contributed by atoms with E-state index in [1.807, 2.05) is 29.7 Å². The number of halogens is 2. The van der Waals surface area contributed by atoms with Crippen molar-refractivity contribution in [3.05, 3.63) is 45.6 Å². The molecule has 1 heterocycles. The van der Waals surface area contributed by atoms with E-state index in [2.05, 4.69) is 54.0 Å². The van der Waals surface area contributed by atoms with Gasteiger partial charge in [0.2, 0.25) is 5.91 Å². The molecule has 5 nitrogen and oxygen atoms in total. The number of thioether (sulfide) groups is 1. The van der Waals surface area contributed by atoms with Gasteiger partial charge >= 0.3 is 0 Å². The fraction of sp³-hybridized carbons (Fsp3) is 0.214. The van der Waals surface area contributed by atoms with Crippen LogP contribution in [0, 0.1) is 6.92 Å². The third-order valence-corrected chi connectivity index (χ3v) is 4.90. The first kappa shape index (κ1) is 17.2. The van der Waals surface area contributed by atoms with Gasteiger partial charge in [-0.1, -0.05) is 33.8 Å². The van der Waals surface area contributed by atoms with Crippen LogP contribution in [0.2, 0.25) is 0 Å². The van der Waals surface area contributed by atoms with E-state index in [0.29, 0.717) is 11.7 Å². The van der Waals surface area contributed by atoms with Gasteiger partial charge in [0.1, 0.15) is 5.82 Å². The number of carbonyl (C=O) groups excluding carboxylic acids is 1. The van der Waals surface area contributed by atoms with Crippen molar-refractivity contribution in [1.29, 1.82) is 0 Å². The Morgan fingerprint density at radius 3 is 2.95 bits per heavy atom. The molecule has 22 heavy (non-hydrogen) atoms. The molecule has 0 aliphatic carbocycles. The third kappa shape index (κ3) is 4.44. The van der Waals surface area contributed by atoms with E-state index < -0.39 is 0 Å². The molecule has 0 aliphatic heterocycles. The molecule has 2 aromatic rings. The molecule has 1 N–H and O–H groups in total. The Morgan fingerprint density at radius 2 is 2.23 bits per heavy atom. The van der Waals surface area contributed by atoms with Crippen LogP contribution in [0.3, 0.4) is 0 Å². The van der Waals surface area contributed by atoms with Crippen LogP contribution in [0.5, 0.6) is 0 Å². The summed E-state index contributed by atoms with van der Waals surface area (Å²) in [4.78, 5) is 12.1. The maximum atomic E-state index is 12.1. The number of amides is 1. The number of rotatable bonds is 6. The zero-order valence-corrected chi connectivity index (χ0v) is 15.8. The average Bonchev–Trinajstić information content (AvgIpc) is 2.82. The first-order valence-electron chi connectivity index (χ1n) is 6.39. The van der Waals surface area contributed by atoms with Crippen LogP contribution in [0.1, 0.15) is 5.82 Å². The average molecular weight is 446 g/mol. The summed E-state index contributed by atoms with van der Waals surface area (Å²) in [7, 11) is 0. The molecular weight excluding hydrogens is 432 g/mol. The van der Waals surface area contributed by atoms with Gasteiger partial charge in [-0.2, -0.15) is 0 Å². The summed E-state index contributed by atoms with van der Waals surface area (Å²) in [5.74, 6) is 0.959. The number of allylic oxidation sites excluding steroid dienone is 1. The minimum Gasteiger partial charge on any atom is -0.324 e. The van der Waals surface area contributed by atoms with Crippen LogP contribution >= 0.6 is 43.6 Å². The van der Waals surface area contributed by atoms with Gasteiger partial charge in [0.15, 0.2) is 5.16 Å². The quantitative estimate of drug-likeness (QED) is 0.538. The van der Waals surface area contributed by atoms with E-state index >= 15 is 0 Å². The number of aromatic nitrogens is 3. The summed E-state index contributed by atoms with van der Waals surface area (Å²) in [5, 5.41) is 11.7. The van der Waals surface area contributed by atoms with Gasteiger partial charge in [0.25, 0.3) is 0 Å². The Bertz CT molecular complexity index is 702. The molecule has 2 rings (SSSR count). The zero-order chi connectivity index (χ0) is 16.1. The summed E-state index contributed by atoms with van der Waals surface area (Å²) in [5.41, 5.74) is 0.726. The fourth-order valence-electron chi connectivity index (χ4n) is 1.72. The molecule has 0 spiro atoms. The maximum Gasteiger partial charge on any atom is 0.234 e. The number of nitrogens with zero attached hydrogens (tertiary/aromatic N) is 3. The van der Waals surface area contributed by atoms with E-state index in [0.717, 1.165) is 20.5 Å². The molecule has 0 saturated carbocycles. The highest BCUT2D eigenvalue weighted by Crippen LogP contribution is 2.26. The Morgan fingerprint density at radius 1 is 1.45 bits per heavy atom. The van der Waals surface area contributed by atoms with Crippen LogP contribution in [-0.4, -0.2) is 26.4 Å². The fourth-order valence-corrected chi connectivity index (χ4v) is 3.22. The van der Waals surface area contributed by atoms with E-state index in [1.54, 1.807) is 6.08 Å². The lowest BCUT2D eigenvalue weighted by Gasteiger charge is -2.08. The minimum atomic E-state index is -0.102. The van der Waals surface area contributed by atoms with E-state index in [9.17, 15) is 4.79 Å². The lowest BCUT2D eigenvalue weighted by molar-refractivity contribution is -0.113. The molecular formula is C14H14Br2N4OS. The highest BCUT2D eigenvalue weighted by Gasteiger charge is 2.12. The summed E-state index contributed by atoms with van der Waals surface area (Å²) in [6.45, 7) is 6.21. The molecule has 0 atom stereocenters. The first-order chi connectivity index (χ1) is 10.5. The molecule has 1 aromatic carbocycles. The number of benzene rings is 1. The molecule has 1 aromatic heterocycles. The Kier molecular flexibility index (Phi) is 6.22. The topological polar surface area (TPSA) is 59.8 Å². The van der Waals surface area contributed by atoms with Crippen LogP contribution in [0.25, 0.3) is 0 Å². The SMILES string of the molecule is C=CCn1c(C)nnc1SCC(=O)Nc1cc(Br)ccc1Br. The van der Waals surface area contributed by atoms with Crippen molar-refractivity contribution in [2.75, 3.05) is 11.1 Å². The summed E-state index contributed by atoms with van der Waals surface area (Å²) >= 11 is 8.14. The molecule has 0 aliphatic rings. The molecule has 0 saturated heterocycles. The number of aryl methyl sites for hydroxylation is 1. The second-order valence-corrected chi connectivity index (χ2v) is 7.10. The van der Waals surface area contributed by atoms with Crippen molar-refractivity contribution < 1.29 is 4.79 Å². The van der Waals surface area contributed by atoms with Gasteiger partial charge in [0, 0.05) is 15.5 Å². The molecule has 0 unspecified atom stereocenters. The minimum absolute atomic E-state index is 0.102. The standard InChI is InChI=1S/C14H14Br2N4OS/c1-3-6-20-9(2)18-19-14(20)22-8-13(21)17-12-7-10(15)4-5-11(12)16/h3-5,7H,1,6,8H2,2H3,(H,17,21). The Hall–Kier alpha value is -1.12. The van der Waals surface area contributed by atoms with Gasteiger partial charge in [0.05, 0.1) is 11.4 Å². The lowest BCUT2D eigenvalue weighted by Crippen LogP contribution is -2.15. The van der Waals surface area contributed by atoms with Gasteiger partial charge in [-0.25, -0.2) is 0 Å². The number of carbonyl (C=O) groups is 1. The monoisotopic (exact) mass is 444 g/mol. The molecule has 0 fully saturated rings. The molecule has 8 heteroatoms. The molecule has 116 valence electrons. The summed E-state index contributed by atoms with van der Waals surface area (Å²) in [6, 6.07) is 5.61. The van der Waals surface area contributed by atoms with Crippen LogP contribution in [-0.2, 0) is 11.3 Å². The predicted molar refractivity (Wildman–Crippen MR) is 96.2 cm³/mol. The Labute approximate surface area is 149 Å². The third-order valence-electron chi connectivity index (χ3n) is 2.75. The normalized spacial score (nSPS) is 10.5. The maximum absolute atomic E-state index is 12.1. The number of hydrogen-bond donors (Lipinski definition) is 1. The number of nitrogens with one attached hydrogen (secondary N) is 1. The predicted octanol–water partition coefficient (Wildman–Crippen LogP) is 4.03. The van der Waals surface area contributed by atoms with Gasteiger partial charge in [-0.15, -0.1) is 16.8 Å². The van der Waals surface area contributed by atoms with Crippen molar-refractivity contribution in [2.45, 2.75) is 18.6 Å². The second kappa shape index (κ2) is 7.94. The van der Waals surface area contributed by atoms with Crippen molar-refractivity contribution in [3.63, 3.8) is 0 Å². The van der Waals surface area contributed by atoms with E-state index in [4.69, 9.17) is 0 Å². The van der Waals surface area contributed by atoms with Crippen molar-refractivity contribution >= 4 is 55.2 Å². The second-order valence-electron chi connectivity index (χ2n) is 4.39. The van der Waals surface area contributed by atoms with Gasteiger partial charge in [-0.05, 0) is 41.1 Å². The molecule has 0 bridgehead atoms. The highest BCUT2D eigenvalue weighted by molar-refractivity contribution is 9.11. The lowest BCUT2D eigenvalue weighted by atomic mass is 10.3. The van der Waals surface area contributed by atoms with E-state index in [-0.39, 0.29) is 11.7 Å². The smallest absolute Gasteiger partial charge is 0.234 e. The zero-order valence-electron chi connectivity index (χ0n) is 11.8. The van der Waals surface area contributed by atoms with E-state index in [1.165, 1.54) is 11.8 Å². The molecule has 0 radical (unpaired) electrons. The van der Waals surface area contributed by atoms with Crippen LogP contribution in [0.15, 0.2) is 45.0 Å². The van der Waals surface area contributed by atoms with Crippen LogP contribution in [0.4, 0.5) is 5.69 Å². The summed E-state index contributed by atoms with van der Waals surface area (Å²) < 4.78 is 3.65.